The summed E-state index contributed by atoms with van der Waals surface area (Å²) in [5.74, 6) is -8.50. The summed E-state index contributed by atoms with van der Waals surface area (Å²) in [6.45, 7) is 0. The number of piperidine rings is 1. The fourth-order valence-electron chi connectivity index (χ4n) is 1.40. The van der Waals surface area contributed by atoms with E-state index in [0.29, 0.717) is 4.90 Å². The van der Waals surface area contributed by atoms with Gasteiger partial charge in [-0.3, -0.25) is 19.3 Å². The Morgan fingerprint density at radius 3 is 2.50 bits per heavy atom. The average molecular weight is 270 g/mol. The van der Waals surface area contributed by atoms with Gasteiger partial charge in [0.1, 0.15) is 6.04 Å². The molecule has 0 aromatic heterocycles. The van der Waals surface area contributed by atoms with Crippen molar-refractivity contribution in [1.82, 2.24) is 10.2 Å². The maximum Gasteiger partial charge on any atom is 0.383 e. The molecule has 1 heterocycles. The van der Waals surface area contributed by atoms with Gasteiger partial charge in [0, 0.05) is 13.5 Å². The summed E-state index contributed by atoms with van der Waals surface area (Å²) in [4.78, 5) is 34.1. The Balaban J connectivity index is 2.72. The number of likely N-dealkylation sites (tertiary alicyclic amines) is 1. The Labute approximate surface area is 99.1 Å². The Hall–Kier alpha value is -1.67. The number of alkyl halides is 4. The Morgan fingerprint density at radius 2 is 2.00 bits per heavy atom. The predicted molar refractivity (Wildman–Crippen MR) is 49.9 cm³/mol. The highest BCUT2D eigenvalue weighted by Gasteiger charge is 2.50. The van der Waals surface area contributed by atoms with Gasteiger partial charge in [-0.2, -0.15) is 8.78 Å². The summed E-state index contributed by atoms with van der Waals surface area (Å²) in [7, 11) is 1.12. The van der Waals surface area contributed by atoms with E-state index in [2.05, 4.69) is 0 Å². The van der Waals surface area contributed by atoms with Gasteiger partial charge in [-0.05, 0) is 6.42 Å². The van der Waals surface area contributed by atoms with Gasteiger partial charge in [-0.15, -0.1) is 0 Å². The van der Waals surface area contributed by atoms with Crippen molar-refractivity contribution in [2.75, 3.05) is 7.05 Å². The third-order valence-electron chi connectivity index (χ3n) is 2.53. The van der Waals surface area contributed by atoms with Crippen LogP contribution in [0.3, 0.4) is 0 Å². The van der Waals surface area contributed by atoms with Crippen LogP contribution in [0.1, 0.15) is 12.8 Å². The van der Waals surface area contributed by atoms with Crippen molar-refractivity contribution in [2.45, 2.75) is 31.2 Å². The molecule has 1 aliphatic heterocycles. The number of imide groups is 1. The molecule has 1 fully saturated rings. The lowest BCUT2D eigenvalue weighted by molar-refractivity contribution is -0.172. The lowest BCUT2D eigenvalue weighted by atomic mass is 10.0. The van der Waals surface area contributed by atoms with Crippen LogP contribution in [0.2, 0.25) is 0 Å². The zero-order valence-corrected chi connectivity index (χ0v) is 9.25. The molecule has 0 spiro atoms. The second-order valence-electron chi connectivity index (χ2n) is 3.78. The molecule has 18 heavy (non-hydrogen) atoms. The van der Waals surface area contributed by atoms with Crippen LogP contribution in [-0.2, 0) is 14.4 Å². The molecule has 9 heteroatoms. The number of carbonyl (C=O) groups is 3. The van der Waals surface area contributed by atoms with Gasteiger partial charge in [0.2, 0.25) is 5.91 Å². The van der Waals surface area contributed by atoms with Gasteiger partial charge < -0.3 is 5.32 Å². The number of hydrogen-bond acceptors (Lipinski definition) is 3. The van der Waals surface area contributed by atoms with Gasteiger partial charge in [0.15, 0.2) is 0 Å². The van der Waals surface area contributed by atoms with E-state index in [0.717, 1.165) is 7.05 Å². The number of amides is 3. The second kappa shape index (κ2) is 4.91. The summed E-state index contributed by atoms with van der Waals surface area (Å²) in [6, 6.07) is -1.38. The molecule has 0 radical (unpaired) electrons. The second-order valence-corrected chi connectivity index (χ2v) is 3.78. The van der Waals surface area contributed by atoms with E-state index >= 15 is 0 Å². The minimum atomic E-state index is -4.86. The molecular formula is C9H10F4N2O3. The van der Waals surface area contributed by atoms with E-state index < -0.39 is 36.1 Å². The fourth-order valence-corrected chi connectivity index (χ4v) is 1.40. The van der Waals surface area contributed by atoms with E-state index in [1.54, 1.807) is 0 Å². The normalized spacial score (nSPS) is 21.4. The number of halogens is 4. The van der Waals surface area contributed by atoms with Gasteiger partial charge in [0.25, 0.3) is 11.8 Å². The number of likely N-dealkylation sites (N-methyl/N-ethyl adjacent to an activating group) is 1. The molecule has 5 nitrogen and oxygen atoms in total. The summed E-state index contributed by atoms with van der Waals surface area (Å²) in [5, 5.41) is 1.53. The van der Waals surface area contributed by atoms with Crippen molar-refractivity contribution in [1.29, 1.82) is 0 Å². The number of nitrogens with zero attached hydrogens (tertiary/aromatic N) is 1. The lowest BCUT2D eigenvalue weighted by Gasteiger charge is -2.29. The molecule has 102 valence electrons. The first-order valence-corrected chi connectivity index (χ1v) is 4.95. The van der Waals surface area contributed by atoms with Crippen LogP contribution in [-0.4, -0.2) is 48.1 Å². The Morgan fingerprint density at radius 1 is 1.44 bits per heavy atom. The van der Waals surface area contributed by atoms with Crippen LogP contribution in [0, 0.1) is 0 Å². The average Bonchev–Trinajstić information content (AvgIpc) is 2.29. The first-order valence-electron chi connectivity index (χ1n) is 4.95. The third-order valence-corrected chi connectivity index (χ3v) is 2.53. The van der Waals surface area contributed by atoms with E-state index in [4.69, 9.17) is 0 Å². The van der Waals surface area contributed by atoms with E-state index in [9.17, 15) is 31.9 Å². The van der Waals surface area contributed by atoms with Gasteiger partial charge >= 0.3 is 12.3 Å². The highest BCUT2D eigenvalue weighted by atomic mass is 19.3. The first kappa shape index (κ1) is 14.4. The first-order chi connectivity index (χ1) is 8.17. The maximum atomic E-state index is 12.6. The largest absolute Gasteiger partial charge is 0.383 e. The van der Waals surface area contributed by atoms with Crippen molar-refractivity contribution in [3.63, 3.8) is 0 Å². The predicted octanol–water partition coefficient (Wildman–Crippen LogP) is 0.150. The molecule has 0 saturated carbocycles. The van der Waals surface area contributed by atoms with Gasteiger partial charge in [-0.25, -0.2) is 8.78 Å². The SMILES string of the molecule is CN1C(=O)CCC(NC(=O)C(F)(F)C(F)F)C1=O. The van der Waals surface area contributed by atoms with Crippen LogP contribution >= 0.6 is 0 Å². The van der Waals surface area contributed by atoms with Crippen molar-refractivity contribution in [3.05, 3.63) is 0 Å². The summed E-state index contributed by atoms with van der Waals surface area (Å²) < 4.78 is 49.1. The quantitative estimate of drug-likeness (QED) is 0.586. The molecule has 0 aromatic carbocycles. The van der Waals surface area contributed by atoms with Crippen molar-refractivity contribution < 1.29 is 31.9 Å². The molecular weight excluding hydrogens is 260 g/mol. The minimum Gasteiger partial charge on any atom is -0.339 e. The number of carbonyl (C=O) groups excluding carboxylic acids is 3. The molecule has 1 saturated heterocycles. The monoisotopic (exact) mass is 270 g/mol. The summed E-state index contributed by atoms with van der Waals surface area (Å²) >= 11 is 0. The number of hydrogen-bond donors (Lipinski definition) is 1. The molecule has 3 amide bonds. The summed E-state index contributed by atoms with van der Waals surface area (Å²) in [6.07, 6.45) is -4.48. The van der Waals surface area contributed by atoms with Gasteiger partial charge in [-0.1, -0.05) is 0 Å². The van der Waals surface area contributed by atoms with E-state index in [1.165, 1.54) is 5.32 Å². The fraction of sp³-hybridized carbons (Fsp3) is 0.667. The van der Waals surface area contributed by atoms with E-state index in [1.807, 2.05) is 0 Å². The van der Waals surface area contributed by atoms with Crippen molar-refractivity contribution >= 4 is 17.7 Å². The molecule has 1 N–H and O–H groups in total. The Kier molecular flexibility index (Phi) is 3.92. The molecule has 1 unspecified atom stereocenters. The number of rotatable bonds is 3. The molecule has 1 aliphatic rings. The zero-order valence-electron chi connectivity index (χ0n) is 9.25. The van der Waals surface area contributed by atoms with Crippen LogP contribution in [0.4, 0.5) is 17.6 Å². The standard InChI is InChI=1S/C9H10F4N2O3/c1-15-5(16)3-2-4(6(15)17)14-8(18)9(12,13)7(10)11/h4,7H,2-3H2,1H3,(H,14,18). The van der Waals surface area contributed by atoms with Crippen molar-refractivity contribution in [3.8, 4) is 0 Å². The van der Waals surface area contributed by atoms with Crippen LogP contribution in [0.25, 0.3) is 0 Å². The molecule has 1 rings (SSSR count). The van der Waals surface area contributed by atoms with Crippen molar-refractivity contribution in [2.24, 2.45) is 0 Å². The Bertz CT molecular complexity index is 386. The summed E-state index contributed by atoms with van der Waals surface area (Å²) in [5.41, 5.74) is 0. The smallest absolute Gasteiger partial charge is 0.339 e. The highest BCUT2D eigenvalue weighted by Crippen LogP contribution is 2.23. The highest BCUT2D eigenvalue weighted by molar-refractivity contribution is 6.01. The molecule has 0 aromatic rings. The zero-order chi connectivity index (χ0) is 14.1. The van der Waals surface area contributed by atoms with Crippen LogP contribution in [0.5, 0.6) is 0 Å². The minimum absolute atomic E-state index is 0.132. The topological polar surface area (TPSA) is 66.5 Å². The van der Waals surface area contributed by atoms with Crippen LogP contribution < -0.4 is 5.32 Å². The van der Waals surface area contributed by atoms with Gasteiger partial charge in [0.05, 0.1) is 0 Å². The molecule has 1 atom stereocenters. The van der Waals surface area contributed by atoms with Crippen LogP contribution in [0.15, 0.2) is 0 Å². The lowest BCUT2D eigenvalue weighted by Crippen LogP contribution is -2.57. The van der Waals surface area contributed by atoms with E-state index in [-0.39, 0.29) is 12.8 Å². The number of nitrogens with one attached hydrogen (secondary N) is 1. The molecule has 0 aliphatic carbocycles. The maximum absolute atomic E-state index is 12.6. The molecule has 0 bridgehead atoms. The third kappa shape index (κ3) is 2.59.